The van der Waals surface area contributed by atoms with Crippen LogP contribution in [0.15, 0.2) is 30.3 Å². The first-order valence-electron chi connectivity index (χ1n) is 5.20. The minimum atomic E-state index is -0.791. The van der Waals surface area contributed by atoms with Crippen molar-refractivity contribution < 1.29 is 0 Å². The summed E-state index contributed by atoms with van der Waals surface area (Å²) in [4.78, 5) is 0. The molecular weight excluding hydrogens is 302 g/mol. The van der Waals surface area contributed by atoms with Gasteiger partial charge in [-0.3, -0.25) is 0 Å². The third kappa shape index (κ3) is 2.93. The summed E-state index contributed by atoms with van der Waals surface area (Å²) in [7, 11) is -0.791. The second-order valence-electron chi connectivity index (χ2n) is 3.43. The van der Waals surface area contributed by atoms with Gasteiger partial charge in [0.05, 0.1) is 23.8 Å². The zero-order valence-corrected chi connectivity index (χ0v) is 12.6. The molecule has 0 heterocycles. The monoisotopic (exact) mass is 323 g/mol. The van der Waals surface area contributed by atoms with Crippen molar-refractivity contribution in [2.75, 3.05) is 18.5 Å². The predicted octanol–water partition coefficient (Wildman–Crippen LogP) is 4.01. The van der Waals surface area contributed by atoms with Gasteiger partial charge in [0, 0.05) is 7.26 Å². The Morgan fingerprint density at radius 1 is 0.857 bits per heavy atom. The Kier molecular flexibility index (Phi) is 6.97. The Hall–Kier alpha value is 0.380. The van der Waals surface area contributed by atoms with Gasteiger partial charge in [0.1, 0.15) is 0 Å². The van der Waals surface area contributed by atoms with Crippen LogP contribution >= 0.6 is 31.2 Å². The first kappa shape index (κ1) is 14.4. The van der Waals surface area contributed by atoms with Crippen LogP contribution < -0.4 is 5.30 Å². The molecule has 0 N–H and O–H groups in total. The third-order valence-electron chi connectivity index (χ3n) is 3.12. The lowest BCUT2D eigenvalue weighted by molar-refractivity contribution is 1.32. The van der Waals surface area contributed by atoms with Gasteiger partial charge in [0.25, 0.3) is 0 Å². The smallest absolute Gasteiger partial charge is 0.0939 e. The molecule has 1 aromatic carbocycles. The van der Waals surface area contributed by atoms with Crippen LogP contribution in [0.4, 0.5) is 0 Å². The van der Waals surface area contributed by atoms with Gasteiger partial charge >= 0.3 is 0 Å². The van der Waals surface area contributed by atoms with Crippen molar-refractivity contribution in [2.45, 2.75) is 20.8 Å². The van der Waals surface area contributed by atoms with Crippen LogP contribution in [0.25, 0.3) is 0 Å². The number of hydrogen-bond donors (Lipinski definition) is 0. The van der Waals surface area contributed by atoms with Crippen LogP contribution in [0.3, 0.4) is 0 Å². The second kappa shape index (κ2) is 6.79. The van der Waals surface area contributed by atoms with Gasteiger partial charge in [-0.15, -0.1) is 24.0 Å². The predicted molar refractivity (Wildman–Crippen MR) is 80.0 cm³/mol. The quantitative estimate of drug-likeness (QED) is 0.580. The van der Waals surface area contributed by atoms with Gasteiger partial charge < -0.3 is 0 Å². The molecule has 14 heavy (non-hydrogen) atoms. The number of hydrogen-bond acceptors (Lipinski definition) is 0. The maximum absolute atomic E-state index is 2.34. The SMILES string of the molecule is CC[P+](CC)(CC)c1ccccc1.I. The second-order valence-corrected chi connectivity index (χ2v) is 8.13. The normalized spacial score (nSPS) is 10.8. The lowest BCUT2D eigenvalue weighted by atomic mass is 10.4. The molecule has 0 unspecified atom stereocenters. The van der Waals surface area contributed by atoms with Gasteiger partial charge in [-0.05, 0) is 32.9 Å². The maximum Gasteiger partial charge on any atom is 0.0939 e. The standard InChI is InChI=1S/C12H20P.HI/c1-4-13(5-2,6-3)12-10-8-7-9-11-12;/h7-11H,4-6H2,1-3H3;1H/q+1;. The third-order valence-corrected chi connectivity index (χ3v) is 8.15. The summed E-state index contributed by atoms with van der Waals surface area (Å²) >= 11 is 0. The summed E-state index contributed by atoms with van der Waals surface area (Å²) in [6.07, 6.45) is 4.05. The molecule has 0 atom stereocenters. The molecule has 0 spiro atoms. The van der Waals surface area contributed by atoms with E-state index in [2.05, 4.69) is 51.1 Å². The molecule has 0 aliphatic heterocycles. The minimum absolute atomic E-state index is 0. The highest BCUT2D eigenvalue weighted by Crippen LogP contribution is 2.56. The van der Waals surface area contributed by atoms with E-state index < -0.39 is 7.26 Å². The highest BCUT2D eigenvalue weighted by atomic mass is 127. The van der Waals surface area contributed by atoms with E-state index in [0.29, 0.717) is 0 Å². The molecule has 0 radical (unpaired) electrons. The van der Waals surface area contributed by atoms with Crippen LogP contribution in [0, 0.1) is 0 Å². The van der Waals surface area contributed by atoms with Crippen molar-refractivity contribution in [2.24, 2.45) is 0 Å². The summed E-state index contributed by atoms with van der Waals surface area (Å²) in [5, 5.41) is 1.61. The van der Waals surface area contributed by atoms with Crippen molar-refractivity contribution in [3.63, 3.8) is 0 Å². The average Bonchev–Trinajstić information content (AvgIpc) is 2.23. The average molecular weight is 323 g/mol. The molecule has 0 bridgehead atoms. The van der Waals surface area contributed by atoms with Gasteiger partial charge in [-0.1, -0.05) is 18.2 Å². The van der Waals surface area contributed by atoms with E-state index in [9.17, 15) is 0 Å². The first-order chi connectivity index (χ1) is 6.29. The van der Waals surface area contributed by atoms with E-state index in [1.165, 1.54) is 18.5 Å². The molecule has 0 aliphatic rings. The Balaban J connectivity index is 0.00000169. The van der Waals surface area contributed by atoms with Crippen LogP contribution in [0.5, 0.6) is 0 Å². The molecule has 0 nitrogen and oxygen atoms in total. The van der Waals surface area contributed by atoms with Gasteiger partial charge in [0.2, 0.25) is 0 Å². The molecule has 80 valence electrons. The van der Waals surface area contributed by atoms with Crippen molar-refractivity contribution >= 4 is 36.5 Å². The molecule has 1 rings (SSSR count). The van der Waals surface area contributed by atoms with Gasteiger partial charge in [-0.25, -0.2) is 0 Å². The fourth-order valence-corrected chi connectivity index (χ4v) is 5.20. The van der Waals surface area contributed by atoms with Crippen molar-refractivity contribution in [1.29, 1.82) is 0 Å². The minimum Gasteiger partial charge on any atom is -0.107 e. The Morgan fingerprint density at radius 2 is 1.29 bits per heavy atom. The van der Waals surface area contributed by atoms with E-state index in [0.717, 1.165) is 0 Å². The summed E-state index contributed by atoms with van der Waals surface area (Å²) in [6, 6.07) is 11.1. The molecule has 0 aromatic heterocycles. The van der Waals surface area contributed by atoms with Crippen molar-refractivity contribution in [3.8, 4) is 0 Å². The van der Waals surface area contributed by atoms with E-state index in [4.69, 9.17) is 0 Å². The molecular formula is C12H21IP+. The zero-order chi connectivity index (χ0) is 9.73. The van der Waals surface area contributed by atoms with Crippen LogP contribution in [-0.2, 0) is 0 Å². The van der Waals surface area contributed by atoms with Crippen molar-refractivity contribution in [3.05, 3.63) is 30.3 Å². The topological polar surface area (TPSA) is 0 Å². The Morgan fingerprint density at radius 3 is 1.64 bits per heavy atom. The highest BCUT2D eigenvalue weighted by Gasteiger charge is 2.33. The van der Waals surface area contributed by atoms with Gasteiger partial charge in [-0.2, -0.15) is 0 Å². The van der Waals surface area contributed by atoms with E-state index in [-0.39, 0.29) is 24.0 Å². The number of halogens is 1. The summed E-state index contributed by atoms with van der Waals surface area (Å²) in [5.74, 6) is 0. The largest absolute Gasteiger partial charge is 0.107 e. The zero-order valence-electron chi connectivity index (χ0n) is 9.36. The Bertz CT molecular complexity index is 233. The lowest BCUT2D eigenvalue weighted by Gasteiger charge is -2.23. The first-order valence-corrected chi connectivity index (χ1v) is 7.55. The molecule has 0 aliphatic carbocycles. The van der Waals surface area contributed by atoms with Crippen LogP contribution in [0.2, 0.25) is 0 Å². The highest BCUT2D eigenvalue weighted by molar-refractivity contribution is 14.0. The fraction of sp³-hybridized carbons (Fsp3) is 0.500. The summed E-state index contributed by atoms with van der Waals surface area (Å²) in [5.41, 5.74) is 0. The number of benzene rings is 1. The molecule has 2 heteroatoms. The van der Waals surface area contributed by atoms with Gasteiger partial charge in [0.15, 0.2) is 0 Å². The fourth-order valence-electron chi connectivity index (χ4n) is 1.96. The number of rotatable bonds is 4. The summed E-state index contributed by atoms with van der Waals surface area (Å²) < 4.78 is 0. The molecule has 1 aromatic rings. The van der Waals surface area contributed by atoms with Crippen molar-refractivity contribution in [1.82, 2.24) is 0 Å². The lowest BCUT2D eigenvalue weighted by Crippen LogP contribution is -2.17. The maximum atomic E-state index is 2.34. The molecule has 0 saturated heterocycles. The Labute approximate surface area is 106 Å². The van der Waals surface area contributed by atoms with E-state index in [1.807, 2.05) is 0 Å². The molecule has 0 amide bonds. The molecule has 0 saturated carbocycles. The van der Waals surface area contributed by atoms with E-state index in [1.54, 1.807) is 5.30 Å². The summed E-state index contributed by atoms with van der Waals surface area (Å²) in [6.45, 7) is 7.02. The van der Waals surface area contributed by atoms with Crippen LogP contribution in [-0.4, -0.2) is 18.5 Å². The van der Waals surface area contributed by atoms with E-state index >= 15 is 0 Å². The van der Waals surface area contributed by atoms with Crippen LogP contribution in [0.1, 0.15) is 20.8 Å². The molecule has 0 fully saturated rings.